The fourth-order valence-electron chi connectivity index (χ4n) is 2.25. The zero-order valence-corrected chi connectivity index (χ0v) is 13.7. The van der Waals surface area contributed by atoms with Gasteiger partial charge in [0.25, 0.3) is 0 Å². The van der Waals surface area contributed by atoms with E-state index in [4.69, 9.17) is 11.6 Å². The largest absolute Gasteiger partial charge is 0.326 e. The highest BCUT2D eigenvalue weighted by Gasteiger charge is 2.01. The summed E-state index contributed by atoms with van der Waals surface area (Å²) >= 11 is 5.98. The van der Waals surface area contributed by atoms with Crippen LogP contribution in [0.1, 0.15) is 12.5 Å². The number of carbonyl (C=O) groups excluding carboxylic acids is 1. The van der Waals surface area contributed by atoms with Crippen molar-refractivity contribution in [2.75, 3.05) is 10.7 Å². The fourth-order valence-corrected chi connectivity index (χ4v) is 2.42. The molecular formula is C18H15ClN4O. The quantitative estimate of drug-likeness (QED) is 0.550. The van der Waals surface area contributed by atoms with Crippen LogP contribution in [-0.2, 0) is 4.79 Å². The summed E-state index contributed by atoms with van der Waals surface area (Å²) in [5, 5.41) is 8.57. The molecule has 0 bridgehead atoms. The van der Waals surface area contributed by atoms with Gasteiger partial charge in [-0.15, -0.1) is 0 Å². The summed E-state index contributed by atoms with van der Waals surface area (Å²) in [6, 6.07) is 14.8. The van der Waals surface area contributed by atoms with E-state index in [0.29, 0.717) is 5.02 Å². The van der Waals surface area contributed by atoms with Gasteiger partial charge in [-0.25, -0.2) is 0 Å². The van der Waals surface area contributed by atoms with Crippen molar-refractivity contribution < 1.29 is 4.79 Å². The Morgan fingerprint density at radius 1 is 1.17 bits per heavy atom. The van der Waals surface area contributed by atoms with Gasteiger partial charge in [-0.3, -0.25) is 15.2 Å². The van der Waals surface area contributed by atoms with Gasteiger partial charge in [0.2, 0.25) is 5.91 Å². The number of rotatable bonds is 4. The van der Waals surface area contributed by atoms with E-state index in [1.807, 2.05) is 48.5 Å². The topological polar surface area (TPSA) is 66.4 Å². The lowest BCUT2D eigenvalue weighted by molar-refractivity contribution is -0.114. The minimum atomic E-state index is -0.0947. The molecule has 0 fully saturated rings. The predicted molar refractivity (Wildman–Crippen MR) is 98.7 cm³/mol. The number of amides is 1. The number of hydrogen-bond donors (Lipinski definition) is 2. The normalized spacial score (nSPS) is 10.9. The number of hydrazone groups is 1. The third-order valence-electron chi connectivity index (χ3n) is 3.33. The van der Waals surface area contributed by atoms with Crippen molar-refractivity contribution in [3.8, 4) is 0 Å². The van der Waals surface area contributed by atoms with E-state index < -0.39 is 0 Å². The Kier molecular flexibility index (Phi) is 4.72. The van der Waals surface area contributed by atoms with Gasteiger partial charge in [0.1, 0.15) is 0 Å². The first-order valence-electron chi connectivity index (χ1n) is 7.33. The summed E-state index contributed by atoms with van der Waals surface area (Å²) in [4.78, 5) is 15.3. The van der Waals surface area contributed by atoms with Crippen molar-refractivity contribution in [1.82, 2.24) is 4.98 Å². The number of halogens is 1. The van der Waals surface area contributed by atoms with E-state index in [1.165, 1.54) is 6.92 Å². The molecule has 2 aromatic carbocycles. The number of nitrogens with zero attached hydrogens (tertiary/aromatic N) is 2. The van der Waals surface area contributed by atoms with Crippen LogP contribution >= 0.6 is 11.6 Å². The molecule has 0 saturated heterocycles. The molecule has 0 atom stereocenters. The maximum absolute atomic E-state index is 11.0. The second kappa shape index (κ2) is 7.10. The maximum Gasteiger partial charge on any atom is 0.221 e. The number of nitrogens with one attached hydrogen (secondary N) is 2. The number of hydrogen-bond acceptors (Lipinski definition) is 4. The first kappa shape index (κ1) is 16.0. The zero-order chi connectivity index (χ0) is 16.9. The van der Waals surface area contributed by atoms with Crippen LogP contribution in [0, 0.1) is 0 Å². The highest BCUT2D eigenvalue weighted by atomic mass is 35.5. The molecule has 24 heavy (non-hydrogen) atoms. The Labute approximate surface area is 144 Å². The van der Waals surface area contributed by atoms with Crippen molar-refractivity contribution in [3.63, 3.8) is 0 Å². The summed E-state index contributed by atoms with van der Waals surface area (Å²) in [6.07, 6.45) is 3.42. The molecule has 0 aliphatic carbocycles. The summed E-state index contributed by atoms with van der Waals surface area (Å²) in [5.41, 5.74) is 6.35. The first-order valence-corrected chi connectivity index (χ1v) is 7.70. The molecule has 1 amide bonds. The van der Waals surface area contributed by atoms with Crippen LogP contribution in [0.4, 0.5) is 11.4 Å². The first-order chi connectivity index (χ1) is 11.6. The third kappa shape index (κ3) is 3.88. The number of carbonyl (C=O) groups is 1. The van der Waals surface area contributed by atoms with Crippen LogP contribution < -0.4 is 10.7 Å². The van der Waals surface area contributed by atoms with Crippen molar-refractivity contribution in [2.24, 2.45) is 5.10 Å². The standard InChI is InChI=1S/C18H15ClN4O/c1-12(24)22-15-5-2-13(3-6-15)11-21-23-17-8-9-20-18-10-14(19)4-7-16(17)18/h2-11H,1H3,(H,20,23)(H,22,24)/b21-11+. The summed E-state index contributed by atoms with van der Waals surface area (Å²) in [5.74, 6) is -0.0947. The Bertz CT molecular complexity index is 907. The van der Waals surface area contributed by atoms with Gasteiger partial charge in [-0.2, -0.15) is 5.10 Å². The Morgan fingerprint density at radius 3 is 2.71 bits per heavy atom. The SMILES string of the molecule is CC(=O)Nc1ccc(/C=N/Nc2ccnc3cc(Cl)ccc23)cc1. The van der Waals surface area contributed by atoms with Crippen LogP contribution in [-0.4, -0.2) is 17.1 Å². The lowest BCUT2D eigenvalue weighted by Crippen LogP contribution is -2.05. The van der Waals surface area contributed by atoms with E-state index in [2.05, 4.69) is 20.8 Å². The number of fused-ring (bicyclic) bond motifs is 1. The van der Waals surface area contributed by atoms with Crippen LogP contribution in [0.25, 0.3) is 10.9 Å². The van der Waals surface area contributed by atoms with Gasteiger partial charge < -0.3 is 5.32 Å². The van der Waals surface area contributed by atoms with Gasteiger partial charge in [-0.05, 0) is 42.0 Å². The van der Waals surface area contributed by atoms with Crippen LogP contribution in [0.2, 0.25) is 5.02 Å². The van der Waals surface area contributed by atoms with E-state index in [1.54, 1.807) is 12.4 Å². The Morgan fingerprint density at radius 2 is 1.96 bits per heavy atom. The van der Waals surface area contributed by atoms with Gasteiger partial charge >= 0.3 is 0 Å². The van der Waals surface area contributed by atoms with E-state index in [9.17, 15) is 4.79 Å². The number of anilines is 2. The minimum Gasteiger partial charge on any atom is -0.326 e. The maximum atomic E-state index is 11.0. The Hall–Kier alpha value is -2.92. The van der Waals surface area contributed by atoms with Crippen molar-refractivity contribution in [1.29, 1.82) is 0 Å². The van der Waals surface area contributed by atoms with E-state index >= 15 is 0 Å². The van der Waals surface area contributed by atoms with Crippen molar-refractivity contribution in [3.05, 3.63) is 65.3 Å². The molecule has 0 aliphatic heterocycles. The van der Waals surface area contributed by atoms with Crippen molar-refractivity contribution in [2.45, 2.75) is 6.92 Å². The molecule has 2 N–H and O–H groups in total. The summed E-state index contributed by atoms with van der Waals surface area (Å²) < 4.78 is 0. The highest BCUT2D eigenvalue weighted by Crippen LogP contribution is 2.24. The molecule has 120 valence electrons. The number of pyridine rings is 1. The molecule has 6 heteroatoms. The molecular weight excluding hydrogens is 324 g/mol. The van der Waals surface area contributed by atoms with Crippen LogP contribution in [0.5, 0.6) is 0 Å². The Balaban J connectivity index is 1.73. The predicted octanol–water partition coefficient (Wildman–Crippen LogP) is 4.29. The smallest absolute Gasteiger partial charge is 0.221 e. The monoisotopic (exact) mass is 338 g/mol. The van der Waals surface area contributed by atoms with Gasteiger partial charge in [0.05, 0.1) is 17.4 Å². The fraction of sp³-hybridized carbons (Fsp3) is 0.0556. The molecule has 0 aliphatic rings. The second-order valence-electron chi connectivity index (χ2n) is 5.19. The molecule has 0 unspecified atom stereocenters. The lowest BCUT2D eigenvalue weighted by Gasteiger charge is -2.05. The molecule has 1 heterocycles. The van der Waals surface area contributed by atoms with Gasteiger partial charge in [0.15, 0.2) is 0 Å². The van der Waals surface area contributed by atoms with Gasteiger partial charge in [0, 0.05) is 29.2 Å². The average Bonchev–Trinajstić information content (AvgIpc) is 2.56. The van der Waals surface area contributed by atoms with Gasteiger partial charge in [-0.1, -0.05) is 23.7 Å². The van der Waals surface area contributed by atoms with E-state index in [-0.39, 0.29) is 5.91 Å². The zero-order valence-electron chi connectivity index (χ0n) is 13.0. The lowest BCUT2D eigenvalue weighted by atomic mass is 10.2. The molecule has 3 aromatic rings. The average molecular weight is 339 g/mol. The van der Waals surface area contributed by atoms with Crippen LogP contribution in [0.15, 0.2) is 59.8 Å². The van der Waals surface area contributed by atoms with Crippen LogP contribution in [0.3, 0.4) is 0 Å². The highest BCUT2D eigenvalue weighted by molar-refractivity contribution is 6.31. The number of aromatic nitrogens is 1. The van der Waals surface area contributed by atoms with Crippen molar-refractivity contribution >= 4 is 46.0 Å². The van der Waals surface area contributed by atoms with E-state index in [0.717, 1.165) is 27.8 Å². The second-order valence-corrected chi connectivity index (χ2v) is 5.63. The molecule has 1 aromatic heterocycles. The molecule has 5 nitrogen and oxygen atoms in total. The summed E-state index contributed by atoms with van der Waals surface area (Å²) in [7, 11) is 0. The summed E-state index contributed by atoms with van der Waals surface area (Å²) in [6.45, 7) is 1.48. The molecule has 0 radical (unpaired) electrons. The molecule has 0 spiro atoms. The molecule has 3 rings (SSSR count). The third-order valence-corrected chi connectivity index (χ3v) is 3.57. The molecule has 0 saturated carbocycles. The number of benzene rings is 2. The minimum absolute atomic E-state index is 0.0947.